The predicted octanol–water partition coefficient (Wildman–Crippen LogP) is 1.41. The molecule has 0 spiro atoms. The smallest absolute Gasteiger partial charge is 0.417 e. The zero-order chi connectivity index (χ0) is 23.9. The second-order valence-corrected chi connectivity index (χ2v) is 9.18. The molecule has 0 aromatic carbocycles. The molecule has 0 aliphatic heterocycles. The van der Waals surface area contributed by atoms with Crippen molar-refractivity contribution >= 4 is 24.2 Å². The van der Waals surface area contributed by atoms with Crippen molar-refractivity contribution in [2.45, 2.75) is 78.6 Å². The minimum atomic E-state index is -1.21. The van der Waals surface area contributed by atoms with E-state index in [1.54, 1.807) is 54.7 Å². The Morgan fingerprint density at radius 3 is 2.26 bits per heavy atom. The van der Waals surface area contributed by atoms with Crippen molar-refractivity contribution in [3.05, 3.63) is 18.2 Å². The van der Waals surface area contributed by atoms with Gasteiger partial charge in [0.15, 0.2) is 0 Å². The van der Waals surface area contributed by atoms with Crippen molar-refractivity contribution < 1.29 is 23.9 Å². The highest BCUT2D eigenvalue weighted by atomic mass is 16.6. The van der Waals surface area contributed by atoms with Gasteiger partial charge < -0.3 is 25.6 Å². The van der Waals surface area contributed by atoms with Gasteiger partial charge in [-0.05, 0) is 32.6 Å². The number of H-pyrrole nitrogens is 1. The number of nitrogens with two attached hydrogens (primary N) is 1. The van der Waals surface area contributed by atoms with Crippen LogP contribution < -0.4 is 11.1 Å². The van der Waals surface area contributed by atoms with Crippen LogP contribution in [0, 0.1) is 11.8 Å². The van der Waals surface area contributed by atoms with Gasteiger partial charge >= 0.3 is 6.09 Å². The lowest BCUT2D eigenvalue weighted by atomic mass is 9.97. The van der Waals surface area contributed by atoms with Crippen LogP contribution in [0.4, 0.5) is 4.79 Å². The van der Waals surface area contributed by atoms with Crippen molar-refractivity contribution in [1.82, 2.24) is 20.2 Å². The number of imidazole rings is 1. The number of ether oxygens (including phenoxy) is 1. The first-order valence-electron chi connectivity index (χ1n) is 10.3. The average Bonchev–Trinajstić information content (AvgIpc) is 3.15. The molecule has 1 aromatic heterocycles. The van der Waals surface area contributed by atoms with Crippen LogP contribution >= 0.6 is 0 Å². The summed E-state index contributed by atoms with van der Waals surface area (Å²) in [5.74, 6) is -2.09. The van der Waals surface area contributed by atoms with E-state index in [4.69, 9.17) is 10.5 Å². The van der Waals surface area contributed by atoms with Crippen LogP contribution in [-0.2, 0) is 25.5 Å². The summed E-state index contributed by atoms with van der Waals surface area (Å²) in [6.07, 6.45) is 2.83. The van der Waals surface area contributed by atoms with Crippen LogP contribution in [-0.4, -0.2) is 62.8 Å². The Morgan fingerprint density at radius 1 is 1.23 bits per heavy atom. The van der Waals surface area contributed by atoms with Crippen LogP contribution in [0.3, 0.4) is 0 Å². The van der Waals surface area contributed by atoms with E-state index >= 15 is 0 Å². The van der Waals surface area contributed by atoms with Crippen molar-refractivity contribution in [2.24, 2.45) is 17.6 Å². The number of aromatic amines is 1. The fourth-order valence-electron chi connectivity index (χ4n) is 2.85. The molecule has 31 heavy (non-hydrogen) atoms. The lowest BCUT2D eigenvalue weighted by Gasteiger charge is -2.35. The summed E-state index contributed by atoms with van der Waals surface area (Å²) in [6, 6.07) is -3.09. The van der Waals surface area contributed by atoms with Gasteiger partial charge in [-0.15, -0.1) is 0 Å². The van der Waals surface area contributed by atoms with E-state index in [0.717, 1.165) is 4.90 Å². The molecule has 0 aliphatic rings. The maximum absolute atomic E-state index is 13.2. The van der Waals surface area contributed by atoms with Crippen LogP contribution in [0.25, 0.3) is 0 Å². The number of imide groups is 1. The standard InChI is InChI=1S/C21H35N5O5/c1-12(2)16(22)19(29)26(20(30)31-21(5,6)7)17(13(3)4)18(28)25-15(10-27)8-14-9-23-11-24-14/h9-13,15-17H,8,22H2,1-7H3,(H,23,24)(H,25,28)/t15-,16-,17-/m0/s1. The summed E-state index contributed by atoms with van der Waals surface area (Å²) in [7, 11) is 0. The molecule has 0 saturated carbocycles. The van der Waals surface area contributed by atoms with Gasteiger partial charge in [0.2, 0.25) is 11.8 Å². The van der Waals surface area contributed by atoms with Gasteiger partial charge in [-0.3, -0.25) is 9.59 Å². The molecular formula is C21H35N5O5. The Balaban J connectivity index is 3.23. The minimum Gasteiger partial charge on any atom is -0.443 e. The highest BCUT2D eigenvalue weighted by Crippen LogP contribution is 2.19. The van der Waals surface area contributed by atoms with E-state index in [-0.39, 0.29) is 12.3 Å². The first-order chi connectivity index (χ1) is 14.3. The topological polar surface area (TPSA) is 147 Å². The zero-order valence-corrected chi connectivity index (χ0v) is 19.3. The number of nitrogens with one attached hydrogen (secondary N) is 2. The summed E-state index contributed by atoms with van der Waals surface area (Å²) < 4.78 is 5.40. The molecule has 1 rings (SSSR count). The molecule has 4 N–H and O–H groups in total. The van der Waals surface area contributed by atoms with E-state index in [9.17, 15) is 19.2 Å². The SMILES string of the molecule is CC(C)[C@H](N)C(=O)N(C(=O)OC(C)(C)C)[C@H](C(=O)N[C@H](C=O)Cc1cnc[nH]1)C(C)C. The maximum Gasteiger partial charge on any atom is 0.417 e. The molecule has 1 heterocycles. The normalized spacial score (nSPS) is 14.6. The average molecular weight is 438 g/mol. The highest BCUT2D eigenvalue weighted by molar-refractivity contribution is 6.00. The van der Waals surface area contributed by atoms with E-state index < -0.39 is 47.6 Å². The molecule has 0 radical (unpaired) electrons. The molecule has 0 fully saturated rings. The molecule has 0 unspecified atom stereocenters. The van der Waals surface area contributed by atoms with E-state index in [2.05, 4.69) is 15.3 Å². The van der Waals surface area contributed by atoms with E-state index in [1.807, 2.05) is 0 Å². The van der Waals surface area contributed by atoms with Crippen LogP contribution in [0.1, 0.15) is 54.2 Å². The molecule has 1 aromatic rings. The highest BCUT2D eigenvalue weighted by Gasteiger charge is 2.42. The van der Waals surface area contributed by atoms with Gasteiger partial charge in [0, 0.05) is 18.3 Å². The third-order valence-corrected chi connectivity index (χ3v) is 4.50. The predicted molar refractivity (Wildman–Crippen MR) is 115 cm³/mol. The monoisotopic (exact) mass is 437 g/mol. The summed E-state index contributed by atoms with van der Waals surface area (Å²) >= 11 is 0. The third kappa shape index (κ3) is 7.78. The summed E-state index contributed by atoms with van der Waals surface area (Å²) in [5, 5.41) is 2.61. The van der Waals surface area contributed by atoms with E-state index in [0.29, 0.717) is 12.0 Å². The van der Waals surface area contributed by atoms with Gasteiger partial charge in [0.25, 0.3) is 0 Å². The van der Waals surface area contributed by atoms with Gasteiger partial charge in [0.05, 0.1) is 18.4 Å². The largest absolute Gasteiger partial charge is 0.443 e. The van der Waals surface area contributed by atoms with Crippen LogP contribution in [0.2, 0.25) is 0 Å². The number of hydrogen-bond acceptors (Lipinski definition) is 7. The molecule has 0 aliphatic carbocycles. The third-order valence-electron chi connectivity index (χ3n) is 4.50. The second-order valence-electron chi connectivity index (χ2n) is 9.18. The van der Waals surface area contributed by atoms with E-state index in [1.165, 1.54) is 6.33 Å². The number of aldehydes is 1. The quantitative estimate of drug-likeness (QED) is 0.495. The Kier molecular flexibility index (Phi) is 9.36. The minimum absolute atomic E-state index is 0.186. The number of rotatable bonds is 9. The molecule has 174 valence electrons. The van der Waals surface area contributed by atoms with Gasteiger partial charge in [-0.1, -0.05) is 27.7 Å². The number of carbonyl (C=O) groups excluding carboxylic acids is 4. The van der Waals surface area contributed by atoms with Crippen molar-refractivity contribution in [3.63, 3.8) is 0 Å². The molecule has 3 atom stereocenters. The first kappa shape index (κ1) is 26.3. The van der Waals surface area contributed by atoms with Crippen LogP contribution in [0.5, 0.6) is 0 Å². The Morgan fingerprint density at radius 2 is 1.84 bits per heavy atom. The summed E-state index contributed by atoms with van der Waals surface area (Å²) in [4.78, 5) is 58.3. The Hall–Kier alpha value is -2.75. The lowest BCUT2D eigenvalue weighted by Crippen LogP contribution is -2.61. The Bertz CT molecular complexity index is 755. The number of carbonyl (C=O) groups is 4. The fourth-order valence-corrected chi connectivity index (χ4v) is 2.85. The molecule has 3 amide bonds. The molecule has 0 saturated heterocycles. The zero-order valence-electron chi connectivity index (χ0n) is 19.3. The van der Waals surface area contributed by atoms with Gasteiger partial charge in [-0.25, -0.2) is 14.7 Å². The van der Waals surface area contributed by atoms with Crippen molar-refractivity contribution in [2.75, 3.05) is 0 Å². The van der Waals surface area contributed by atoms with Crippen LogP contribution in [0.15, 0.2) is 12.5 Å². The number of hydrogen-bond donors (Lipinski definition) is 3. The lowest BCUT2D eigenvalue weighted by molar-refractivity contribution is -0.143. The molecule has 0 bridgehead atoms. The fraction of sp³-hybridized carbons (Fsp3) is 0.667. The van der Waals surface area contributed by atoms with Gasteiger partial charge in [0.1, 0.15) is 17.9 Å². The summed E-state index contributed by atoms with van der Waals surface area (Å²) in [6.45, 7) is 11.9. The van der Waals surface area contributed by atoms with Gasteiger partial charge in [-0.2, -0.15) is 0 Å². The summed E-state index contributed by atoms with van der Waals surface area (Å²) in [5.41, 5.74) is 5.79. The first-order valence-corrected chi connectivity index (χ1v) is 10.3. The second kappa shape index (κ2) is 11.0. The number of nitrogens with zero attached hydrogens (tertiary/aromatic N) is 2. The van der Waals surface area contributed by atoms with Crippen molar-refractivity contribution in [3.8, 4) is 0 Å². The number of aromatic nitrogens is 2. The Labute approximate surface area is 183 Å². The van der Waals surface area contributed by atoms with Crippen molar-refractivity contribution in [1.29, 1.82) is 0 Å². The maximum atomic E-state index is 13.2. The number of amides is 3. The molecular weight excluding hydrogens is 402 g/mol. The molecule has 10 nitrogen and oxygen atoms in total. The molecule has 10 heteroatoms.